The molecule has 6 heteroatoms. The molecule has 3 aromatic carbocycles. The molecule has 2 N–H and O–H groups in total. The summed E-state index contributed by atoms with van der Waals surface area (Å²) >= 11 is 0. The highest BCUT2D eigenvalue weighted by Gasteiger charge is 2.65. The Labute approximate surface area is 231 Å². The van der Waals surface area contributed by atoms with Gasteiger partial charge < -0.3 is 5.11 Å². The number of benzene rings is 3. The van der Waals surface area contributed by atoms with Gasteiger partial charge in [0.1, 0.15) is 5.75 Å². The fraction of sp³-hybridized carbons (Fsp3) is 0.235. The van der Waals surface area contributed by atoms with Crippen LogP contribution in [0.5, 0.6) is 5.75 Å². The van der Waals surface area contributed by atoms with E-state index in [9.17, 15) is 24.3 Å². The zero-order valence-electron chi connectivity index (χ0n) is 21.6. The van der Waals surface area contributed by atoms with Gasteiger partial charge in [-0.2, -0.15) is 0 Å². The smallest absolute Gasteiger partial charge is 0.231 e. The third kappa shape index (κ3) is 3.28. The number of carbonyl (C=O) groups is 4. The van der Waals surface area contributed by atoms with E-state index in [1.807, 2.05) is 72.8 Å². The van der Waals surface area contributed by atoms with Gasteiger partial charge >= 0.3 is 0 Å². The van der Waals surface area contributed by atoms with E-state index < -0.39 is 35.0 Å². The summed E-state index contributed by atoms with van der Waals surface area (Å²) in [4.78, 5) is 55.2. The molecule has 4 aliphatic rings. The lowest BCUT2D eigenvalue weighted by molar-refractivity contribution is -0.135. The molecule has 1 aliphatic heterocycles. The summed E-state index contributed by atoms with van der Waals surface area (Å²) in [5.41, 5.74) is 1.76. The predicted molar refractivity (Wildman–Crippen MR) is 148 cm³/mol. The molecule has 2 amide bonds. The number of fused-ring (bicyclic) bond motifs is 4. The number of hydrogen-bond donors (Lipinski definition) is 2. The minimum Gasteiger partial charge on any atom is -0.508 e. The number of phenols is 1. The minimum absolute atomic E-state index is 0.0234. The van der Waals surface area contributed by atoms with Gasteiger partial charge in [0.05, 0.1) is 17.3 Å². The summed E-state index contributed by atoms with van der Waals surface area (Å²) in [6, 6.07) is 25.4. The van der Waals surface area contributed by atoms with Gasteiger partial charge in [0, 0.05) is 23.0 Å². The third-order valence-corrected chi connectivity index (χ3v) is 9.47. The number of Topliss-reactive ketones (excluding diaryl/α,β-unsaturated/α-hetero) is 1. The van der Waals surface area contributed by atoms with E-state index >= 15 is 0 Å². The van der Waals surface area contributed by atoms with Crippen molar-refractivity contribution in [2.75, 3.05) is 0 Å². The van der Waals surface area contributed by atoms with Crippen LogP contribution in [0.4, 0.5) is 0 Å². The lowest BCUT2D eigenvalue weighted by atomic mass is 9.44. The number of phenolic OH excluding ortho intramolecular Hbond substituents is 1. The molecule has 3 aliphatic carbocycles. The number of carbonyl (C=O) groups excluding carboxylic acids is 4. The number of aromatic hydroxyl groups is 1. The molecule has 0 radical (unpaired) electrons. The summed E-state index contributed by atoms with van der Waals surface area (Å²) in [5.74, 6) is -4.03. The van der Waals surface area contributed by atoms with Crippen LogP contribution in [0, 0.1) is 23.7 Å². The first-order chi connectivity index (χ1) is 19.4. The maximum absolute atomic E-state index is 14.7. The molecular weight excluding hydrogens is 502 g/mol. The number of amides is 2. The Bertz CT molecular complexity index is 1640. The van der Waals surface area contributed by atoms with E-state index in [1.54, 1.807) is 18.2 Å². The van der Waals surface area contributed by atoms with Crippen LogP contribution in [0.3, 0.4) is 0 Å². The number of imide groups is 1. The van der Waals surface area contributed by atoms with E-state index in [0.717, 1.165) is 5.57 Å². The Balaban J connectivity index is 1.54. The summed E-state index contributed by atoms with van der Waals surface area (Å²) < 4.78 is 0. The van der Waals surface area contributed by atoms with Crippen molar-refractivity contribution in [1.82, 2.24) is 5.32 Å². The van der Waals surface area contributed by atoms with Crippen molar-refractivity contribution in [3.63, 3.8) is 0 Å². The average molecular weight is 530 g/mol. The van der Waals surface area contributed by atoms with Crippen LogP contribution in [0.1, 0.15) is 35.4 Å². The normalized spacial score (nSPS) is 30.9. The van der Waals surface area contributed by atoms with Crippen molar-refractivity contribution in [3.8, 4) is 5.75 Å². The molecule has 3 aromatic rings. The van der Waals surface area contributed by atoms with E-state index in [4.69, 9.17) is 0 Å². The van der Waals surface area contributed by atoms with E-state index in [2.05, 4.69) is 5.32 Å². The fourth-order valence-corrected chi connectivity index (χ4v) is 7.86. The molecule has 6 nitrogen and oxygen atoms in total. The van der Waals surface area contributed by atoms with Gasteiger partial charge in [-0.1, -0.05) is 90.5 Å². The molecule has 0 bridgehead atoms. The largest absolute Gasteiger partial charge is 0.508 e. The van der Waals surface area contributed by atoms with Crippen molar-refractivity contribution in [2.45, 2.75) is 24.2 Å². The number of nitrogens with one attached hydrogen (secondary N) is 1. The summed E-state index contributed by atoms with van der Waals surface area (Å²) in [6.45, 7) is 0. The van der Waals surface area contributed by atoms with Crippen LogP contribution < -0.4 is 5.32 Å². The molecule has 7 rings (SSSR count). The van der Waals surface area contributed by atoms with Gasteiger partial charge in [0.15, 0.2) is 11.6 Å². The Morgan fingerprint density at radius 1 is 0.775 bits per heavy atom. The molecule has 40 heavy (non-hydrogen) atoms. The van der Waals surface area contributed by atoms with E-state index in [-0.39, 0.29) is 35.6 Å². The van der Waals surface area contributed by atoms with Crippen LogP contribution in [0.2, 0.25) is 0 Å². The van der Waals surface area contributed by atoms with Gasteiger partial charge in [-0.15, -0.1) is 0 Å². The monoisotopic (exact) mass is 529 g/mol. The average Bonchev–Trinajstić information content (AvgIpc) is 3.28. The molecule has 0 aromatic heterocycles. The maximum Gasteiger partial charge on any atom is 0.231 e. The van der Waals surface area contributed by atoms with Crippen molar-refractivity contribution < 1.29 is 24.3 Å². The Morgan fingerprint density at radius 2 is 1.45 bits per heavy atom. The first-order valence-corrected chi connectivity index (χ1v) is 13.7. The van der Waals surface area contributed by atoms with Gasteiger partial charge in [0.2, 0.25) is 11.8 Å². The highest BCUT2D eigenvalue weighted by Crippen LogP contribution is 2.63. The van der Waals surface area contributed by atoms with Gasteiger partial charge in [-0.3, -0.25) is 24.5 Å². The van der Waals surface area contributed by atoms with Crippen LogP contribution in [-0.2, 0) is 24.6 Å². The second-order valence-corrected chi connectivity index (χ2v) is 11.2. The number of allylic oxidation sites excluding steroid dienone is 4. The molecule has 0 spiro atoms. The highest BCUT2D eigenvalue weighted by molar-refractivity contribution is 6.31. The number of rotatable bonds is 3. The van der Waals surface area contributed by atoms with Crippen molar-refractivity contribution in [3.05, 3.63) is 119 Å². The van der Waals surface area contributed by atoms with Crippen LogP contribution >= 0.6 is 0 Å². The van der Waals surface area contributed by atoms with Gasteiger partial charge in [-0.05, 0) is 42.0 Å². The zero-order chi connectivity index (χ0) is 27.6. The molecular formula is C34H27NO5. The van der Waals surface area contributed by atoms with Crippen molar-refractivity contribution >= 4 is 29.0 Å². The molecule has 6 unspecified atom stereocenters. The van der Waals surface area contributed by atoms with E-state index in [0.29, 0.717) is 28.7 Å². The lowest BCUT2D eigenvalue weighted by Gasteiger charge is -2.55. The zero-order valence-corrected chi connectivity index (χ0v) is 21.6. The van der Waals surface area contributed by atoms with Crippen LogP contribution in [0.25, 0.3) is 5.57 Å². The predicted octanol–water partition coefficient (Wildman–Crippen LogP) is 4.50. The Hall–Kier alpha value is -4.58. The Kier molecular flexibility index (Phi) is 5.49. The number of hydrogen-bond acceptors (Lipinski definition) is 5. The first kappa shape index (κ1) is 24.5. The first-order valence-electron chi connectivity index (χ1n) is 13.7. The van der Waals surface area contributed by atoms with Crippen molar-refractivity contribution in [2.24, 2.45) is 23.7 Å². The van der Waals surface area contributed by atoms with E-state index in [1.165, 1.54) is 6.08 Å². The SMILES string of the molecule is O=C1NC(=O)C2C1CC=C1C2CC2C(=O)C(c3ccccc3)=CC(=O)C2(c2ccccc2)C1c1ccccc1O. The third-order valence-electron chi connectivity index (χ3n) is 9.47. The van der Waals surface area contributed by atoms with Gasteiger partial charge in [0.25, 0.3) is 0 Å². The molecule has 1 heterocycles. The number of ketones is 2. The summed E-state index contributed by atoms with van der Waals surface area (Å²) in [5, 5.41) is 13.7. The van der Waals surface area contributed by atoms with Crippen LogP contribution in [0.15, 0.2) is 103 Å². The number of para-hydroxylation sites is 1. The topological polar surface area (TPSA) is 101 Å². The highest BCUT2D eigenvalue weighted by atomic mass is 16.3. The second kappa shape index (κ2) is 8.98. The minimum atomic E-state index is -1.33. The standard InChI is InChI=1S/C34H27NO5/c36-27-14-8-7-13-22(27)30-21-15-16-23-29(33(40)35-32(23)39)25(21)17-26-31(38)24(19-9-3-1-4-10-19)18-28(37)34(26,30)20-11-5-2-6-12-20/h1-15,18,23,25-26,29-30,36H,16-17H2,(H,35,39,40). The lowest BCUT2D eigenvalue weighted by Crippen LogP contribution is -2.58. The molecule has 1 saturated heterocycles. The van der Waals surface area contributed by atoms with Gasteiger partial charge in [-0.25, -0.2) is 0 Å². The molecule has 6 atom stereocenters. The summed E-state index contributed by atoms with van der Waals surface area (Å²) in [7, 11) is 0. The maximum atomic E-state index is 14.7. The Morgan fingerprint density at radius 3 is 2.17 bits per heavy atom. The quantitative estimate of drug-likeness (QED) is 0.384. The van der Waals surface area contributed by atoms with Crippen LogP contribution in [-0.4, -0.2) is 28.5 Å². The molecule has 198 valence electrons. The van der Waals surface area contributed by atoms with Crippen molar-refractivity contribution in [1.29, 1.82) is 0 Å². The molecule has 2 fully saturated rings. The molecule has 1 saturated carbocycles. The summed E-state index contributed by atoms with van der Waals surface area (Å²) in [6.07, 6.45) is 4.07. The fourth-order valence-electron chi connectivity index (χ4n) is 7.86. The second-order valence-electron chi connectivity index (χ2n) is 11.2.